The second-order valence-corrected chi connectivity index (χ2v) is 6.60. The van der Waals surface area contributed by atoms with Gasteiger partial charge in [-0.3, -0.25) is 0 Å². The van der Waals surface area contributed by atoms with Gasteiger partial charge in [0.25, 0.3) is 0 Å². The Balaban J connectivity index is 2.13. The first kappa shape index (κ1) is 18.5. The Kier molecular flexibility index (Phi) is 6.93. The fraction of sp³-hybridized carbons (Fsp3) is 0.867. The number of hydrogen-bond acceptors (Lipinski definition) is 4. The molecule has 1 rings (SSSR count). The molecule has 1 saturated heterocycles. The molecule has 0 spiro atoms. The van der Waals surface area contributed by atoms with Crippen LogP contribution in [0.2, 0.25) is 0 Å². The molecule has 0 aliphatic carbocycles. The molecule has 0 aromatic carbocycles. The van der Waals surface area contributed by atoms with Crippen LogP contribution in [0.15, 0.2) is 0 Å². The van der Waals surface area contributed by atoms with Gasteiger partial charge >= 0.3 is 12.2 Å². The monoisotopic (exact) mass is 316 g/mol. The lowest BCUT2D eigenvalue weighted by atomic mass is 10.1. The molecule has 1 aliphatic heterocycles. The number of piperidine rings is 1. The molecule has 1 heterocycles. The van der Waals surface area contributed by atoms with Gasteiger partial charge in [-0.1, -0.05) is 0 Å². The quantitative estimate of drug-likeness (QED) is 0.788. The predicted molar refractivity (Wildman–Crippen MR) is 82.1 cm³/mol. The molecule has 0 atom stereocenters. The molecule has 128 valence electrons. The summed E-state index contributed by atoms with van der Waals surface area (Å²) in [7, 11) is 1.71. The first-order valence-electron chi connectivity index (χ1n) is 7.72. The highest BCUT2D eigenvalue weighted by Crippen LogP contribution is 2.14. The van der Waals surface area contributed by atoms with Gasteiger partial charge in [-0.2, -0.15) is 0 Å². The van der Waals surface area contributed by atoms with Crippen molar-refractivity contribution in [2.45, 2.75) is 51.7 Å². The first-order chi connectivity index (χ1) is 10.2. The standard InChI is InChI=1S/C15H28N2O5/c1-15(2,3)22-14(20)16(4)8-5-11-21-12-6-9-17(10-7-12)13(18)19/h12H,5-11H2,1-4H3,(H,18,19). The molecule has 22 heavy (non-hydrogen) atoms. The number of carbonyl (C=O) groups excluding carboxylic acids is 1. The zero-order valence-electron chi connectivity index (χ0n) is 14.0. The maximum Gasteiger partial charge on any atom is 0.410 e. The van der Waals surface area contributed by atoms with Crippen LogP contribution in [-0.4, -0.2) is 72.1 Å². The van der Waals surface area contributed by atoms with Crippen molar-refractivity contribution in [2.24, 2.45) is 0 Å². The molecule has 1 aliphatic rings. The van der Waals surface area contributed by atoms with Crippen LogP contribution in [-0.2, 0) is 9.47 Å². The van der Waals surface area contributed by atoms with Crippen LogP contribution in [0.5, 0.6) is 0 Å². The highest BCUT2D eigenvalue weighted by Gasteiger charge is 2.23. The summed E-state index contributed by atoms with van der Waals surface area (Å²) < 4.78 is 11.0. The van der Waals surface area contributed by atoms with E-state index in [0.717, 1.165) is 19.3 Å². The smallest absolute Gasteiger partial charge is 0.410 e. The molecule has 0 aromatic rings. The summed E-state index contributed by atoms with van der Waals surface area (Å²) in [4.78, 5) is 25.5. The fourth-order valence-electron chi connectivity index (χ4n) is 2.20. The van der Waals surface area contributed by atoms with Gasteiger partial charge in [-0.25, -0.2) is 9.59 Å². The van der Waals surface area contributed by atoms with E-state index in [1.165, 1.54) is 4.90 Å². The van der Waals surface area contributed by atoms with Crippen molar-refractivity contribution in [3.63, 3.8) is 0 Å². The van der Waals surface area contributed by atoms with Crippen molar-refractivity contribution < 1.29 is 24.2 Å². The maximum absolute atomic E-state index is 11.8. The summed E-state index contributed by atoms with van der Waals surface area (Å²) in [5.41, 5.74) is -0.486. The lowest BCUT2D eigenvalue weighted by molar-refractivity contribution is 0.00397. The predicted octanol–water partition coefficient (Wildman–Crippen LogP) is 2.40. The highest BCUT2D eigenvalue weighted by molar-refractivity contribution is 5.67. The number of likely N-dealkylation sites (tertiary alicyclic amines) is 1. The highest BCUT2D eigenvalue weighted by atomic mass is 16.6. The summed E-state index contributed by atoms with van der Waals surface area (Å²) in [6.07, 6.45) is 1.11. The lowest BCUT2D eigenvalue weighted by Crippen LogP contribution is -2.40. The molecule has 0 radical (unpaired) electrons. The van der Waals surface area contributed by atoms with Gasteiger partial charge in [0, 0.05) is 33.3 Å². The summed E-state index contributed by atoms with van der Waals surface area (Å²) in [6.45, 7) is 7.70. The van der Waals surface area contributed by atoms with E-state index in [1.807, 2.05) is 20.8 Å². The van der Waals surface area contributed by atoms with Crippen LogP contribution < -0.4 is 0 Å². The lowest BCUT2D eigenvalue weighted by Gasteiger charge is -2.30. The van der Waals surface area contributed by atoms with Crippen molar-refractivity contribution in [1.82, 2.24) is 9.80 Å². The van der Waals surface area contributed by atoms with Crippen molar-refractivity contribution in [3.05, 3.63) is 0 Å². The summed E-state index contributed by atoms with van der Waals surface area (Å²) >= 11 is 0. The Morgan fingerprint density at radius 3 is 2.36 bits per heavy atom. The minimum Gasteiger partial charge on any atom is -0.465 e. The molecule has 1 N–H and O–H groups in total. The van der Waals surface area contributed by atoms with E-state index in [4.69, 9.17) is 14.6 Å². The van der Waals surface area contributed by atoms with Crippen molar-refractivity contribution in [1.29, 1.82) is 0 Å². The molecule has 1 fully saturated rings. The van der Waals surface area contributed by atoms with Crippen molar-refractivity contribution >= 4 is 12.2 Å². The topological polar surface area (TPSA) is 79.3 Å². The van der Waals surface area contributed by atoms with Gasteiger partial charge in [-0.05, 0) is 40.0 Å². The van der Waals surface area contributed by atoms with Gasteiger partial charge < -0.3 is 24.4 Å². The van der Waals surface area contributed by atoms with Gasteiger partial charge in [0.05, 0.1) is 6.10 Å². The molecule has 0 aromatic heterocycles. The summed E-state index contributed by atoms with van der Waals surface area (Å²) in [6, 6.07) is 0. The molecule has 0 bridgehead atoms. The van der Waals surface area contributed by atoms with Crippen LogP contribution in [0.3, 0.4) is 0 Å². The van der Waals surface area contributed by atoms with E-state index in [9.17, 15) is 9.59 Å². The molecule has 7 heteroatoms. The van der Waals surface area contributed by atoms with E-state index < -0.39 is 11.7 Å². The number of carbonyl (C=O) groups is 2. The second kappa shape index (κ2) is 8.22. The van der Waals surface area contributed by atoms with Crippen LogP contribution in [0.4, 0.5) is 9.59 Å². The molecular formula is C15H28N2O5. The average molecular weight is 316 g/mol. The Hall–Kier alpha value is -1.50. The van der Waals surface area contributed by atoms with Gasteiger partial charge in [0.1, 0.15) is 5.60 Å². The zero-order valence-corrected chi connectivity index (χ0v) is 14.0. The normalized spacial score (nSPS) is 16.5. The van der Waals surface area contributed by atoms with Crippen molar-refractivity contribution in [3.8, 4) is 0 Å². The Morgan fingerprint density at radius 2 is 1.86 bits per heavy atom. The van der Waals surface area contributed by atoms with Gasteiger partial charge in [0.15, 0.2) is 0 Å². The molecule has 0 saturated carbocycles. The molecule has 2 amide bonds. The van der Waals surface area contributed by atoms with E-state index in [1.54, 1.807) is 11.9 Å². The number of amides is 2. The number of hydrogen-bond donors (Lipinski definition) is 1. The second-order valence-electron chi connectivity index (χ2n) is 6.60. The third kappa shape index (κ3) is 6.98. The van der Waals surface area contributed by atoms with Crippen molar-refractivity contribution in [2.75, 3.05) is 33.3 Å². The Bertz CT molecular complexity index is 373. The van der Waals surface area contributed by atoms with E-state index >= 15 is 0 Å². The molecular weight excluding hydrogens is 288 g/mol. The SMILES string of the molecule is CN(CCCOC1CCN(C(=O)O)CC1)C(=O)OC(C)(C)C. The Morgan fingerprint density at radius 1 is 1.27 bits per heavy atom. The van der Waals surface area contributed by atoms with E-state index in [-0.39, 0.29) is 12.2 Å². The largest absolute Gasteiger partial charge is 0.465 e. The number of ether oxygens (including phenoxy) is 2. The summed E-state index contributed by atoms with van der Waals surface area (Å²) in [5, 5.41) is 8.87. The Labute approximate surface area is 132 Å². The maximum atomic E-state index is 11.8. The third-order valence-corrected chi connectivity index (χ3v) is 3.41. The van der Waals surface area contributed by atoms with Crippen LogP contribution in [0, 0.1) is 0 Å². The average Bonchev–Trinajstić information content (AvgIpc) is 2.42. The zero-order chi connectivity index (χ0) is 16.8. The minimum absolute atomic E-state index is 0.113. The van der Waals surface area contributed by atoms with E-state index in [2.05, 4.69) is 0 Å². The van der Waals surface area contributed by atoms with Gasteiger partial charge in [0.2, 0.25) is 0 Å². The van der Waals surface area contributed by atoms with E-state index in [0.29, 0.717) is 26.2 Å². The van der Waals surface area contributed by atoms with Crippen LogP contribution in [0.25, 0.3) is 0 Å². The fourth-order valence-corrected chi connectivity index (χ4v) is 2.20. The third-order valence-electron chi connectivity index (χ3n) is 3.41. The number of nitrogens with zero attached hydrogens (tertiary/aromatic N) is 2. The minimum atomic E-state index is -0.863. The molecule has 7 nitrogen and oxygen atoms in total. The number of rotatable bonds is 5. The number of carboxylic acid groups (broad SMARTS) is 1. The molecule has 0 unspecified atom stereocenters. The van der Waals surface area contributed by atoms with Crippen LogP contribution >= 0.6 is 0 Å². The summed E-state index contributed by atoms with van der Waals surface area (Å²) in [5.74, 6) is 0. The first-order valence-corrected chi connectivity index (χ1v) is 7.72. The van der Waals surface area contributed by atoms with Gasteiger partial charge in [-0.15, -0.1) is 0 Å². The van der Waals surface area contributed by atoms with Crippen LogP contribution in [0.1, 0.15) is 40.0 Å².